The zero-order valence-corrected chi connectivity index (χ0v) is 20.5. The number of nitriles is 1. The molecular weight excluding hydrogens is 458 g/mol. The average molecular weight is 486 g/mol. The van der Waals surface area contributed by atoms with E-state index < -0.39 is 0 Å². The van der Waals surface area contributed by atoms with Gasteiger partial charge < -0.3 is 15.0 Å². The quantitative estimate of drug-likeness (QED) is 0.561. The highest BCUT2D eigenvalue weighted by atomic mass is 32.1. The van der Waals surface area contributed by atoms with Gasteiger partial charge in [0.05, 0.1) is 35.4 Å². The van der Waals surface area contributed by atoms with E-state index in [4.69, 9.17) is 10.00 Å². The summed E-state index contributed by atoms with van der Waals surface area (Å²) in [6, 6.07) is 15.4. The van der Waals surface area contributed by atoms with Crippen LogP contribution in [-0.4, -0.2) is 48.4 Å². The van der Waals surface area contributed by atoms with Crippen LogP contribution in [0.2, 0.25) is 0 Å². The number of piperidine rings is 1. The summed E-state index contributed by atoms with van der Waals surface area (Å²) in [7, 11) is 1.64. The number of dihydropyridines is 1. The Hall–Kier alpha value is -3.70. The molecule has 0 spiro atoms. The second-order valence-electron chi connectivity index (χ2n) is 8.85. The van der Waals surface area contributed by atoms with Crippen molar-refractivity contribution < 1.29 is 9.53 Å². The molecule has 178 valence electrons. The number of likely N-dealkylation sites (tertiary alicyclic amines) is 1. The zero-order chi connectivity index (χ0) is 24.2. The molecule has 0 saturated carbocycles. The lowest BCUT2D eigenvalue weighted by molar-refractivity contribution is -0.131. The maximum atomic E-state index is 12.8. The van der Waals surface area contributed by atoms with Gasteiger partial charge in [0, 0.05) is 19.6 Å². The summed E-state index contributed by atoms with van der Waals surface area (Å²) in [5, 5.41) is 13.3. The minimum Gasteiger partial charge on any atom is -0.497 e. The molecule has 1 N–H and O–H groups in total. The topological polar surface area (TPSA) is 90.6 Å². The molecule has 35 heavy (non-hydrogen) atoms. The largest absolute Gasteiger partial charge is 0.497 e. The number of methoxy groups -OCH3 is 1. The number of thiazole rings is 1. The van der Waals surface area contributed by atoms with Crippen molar-refractivity contribution in [1.29, 1.82) is 5.26 Å². The third kappa shape index (κ3) is 5.36. The van der Waals surface area contributed by atoms with Crippen LogP contribution >= 0.6 is 11.3 Å². The molecule has 7 nitrogen and oxygen atoms in total. The highest BCUT2D eigenvalue weighted by molar-refractivity contribution is 7.22. The number of carbonyl (C=O) groups excluding carboxylic acids is 1. The fourth-order valence-electron chi connectivity index (χ4n) is 4.68. The average Bonchev–Trinajstić information content (AvgIpc) is 3.30. The van der Waals surface area contributed by atoms with E-state index in [1.54, 1.807) is 13.2 Å². The first-order chi connectivity index (χ1) is 17.1. The van der Waals surface area contributed by atoms with Crippen molar-refractivity contribution in [3.8, 4) is 11.8 Å². The molecule has 0 radical (unpaired) electrons. The Labute approximate surface area is 208 Å². The van der Waals surface area contributed by atoms with Gasteiger partial charge in [-0.3, -0.25) is 9.79 Å². The Morgan fingerprint density at radius 3 is 2.77 bits per heavy atom. The minimum absolute atomic E-state index is 0.186. The molecule has 2 aliphatic rings. The third-order valence-electron chi connectivity index (χ3n) is 6.64. The van der Waals surface area contributed by atoms with E-state index in [9.17, 15) is 4.79 Å². The van der Waals surface area contributed by atoms with Crippen molar-refractivity contribution in [3.05, 3.63) is 65.2 Å². The van der Waals surface area contributed by atoms with Gasteiger partial charge in [-0.1, -0.05) is 29.0 Å². The Bertz CT molecular complexity index is 1330. The molecule has 8 heteroatoms. The first kappa shape index (κ1) is 23.1. The fraction of sp³-hybridized carbons (Fsp3) is 0.333. The lowest BCUT2D eigenvalue weighted by Crippen LogP contribution is -2.40. The van der Waals surface area contributed by atoms with Crippen molar-refractivity contribution in [2.45, 2.75) is 25.7 Å². The smallest absolute Gasteiger partial charge is 0.226 e. The predicted octanol–water partition coefficient (Wildman–Crippen LogP) is 4.80. The van der Waals surface area contributed by atoms with Crippen LogP contribution in [0.1, 0.15) is 30.4 Å². The molecular formula is C27H27N5O2S. The van der Waals surface area contributed by atoms with Crippen molar-refractivity contribution >= 4 is 38.4 Å². The molecule has 0 atom stereocenters. The van der Waals surface area contributed by atoms with E-state index in [0.29, 0.717) is 17.9 Å². The number of aromatic nitrogens is 1. The van der Waals surface area contributed by atoms with Crippen LogP contribution in [-0.2, 0) is 11.2 Å². The first-order valence-electron chi connectivity index (χ1n) is 11.8. The van der Waals surface area contributed by atoms with E-state index in [0.717, 1.165) is 71.4 Å². The van der Waals surface area contributed by atoms with Crippen LogP contribution < -0.4 is 10.1 Å². The molecule has 3 heterocycles. The number of hydrogen-bond acceptors (Lipinski definition) is 7. The van der Waals surface area contributed by atoms with Crippen LogP contribution in [0.5, 0.6) is 5.75 Å². The van der Waals surface area contributed by atoms with E-state index in [-0.39, 0.29) is 5.91 Å². The van der Waals surface area contributed by atoms with Crippen molar-refractivity contribution in [3.63, 3.8) is 0 Å². The monoisotopic (exact) mass is 485 g/mol. The number of hydrogen-bond donors (Lipinski definition) is 1. The number of nitrogens with zero attached hydrogens (tertiary/aromatic N) is 4. The number of fused-ring (bicyclic) bond motifs is 1. The zero-order valence-electron chi connectivity index (χ0n) is 19.7. The van der Waals surface area contributed by atoms with Crippen molar-refractivity contribution in [2.75, 3.05) is 32.1 Å². The molecule has 1 aromatic heterocycles. The van der Waals surface area contributed by atoms with Crippen LogP contribution in [0.3, 0.4) is 0 Å². The van der Waals surface area contributed by atoms with E-state index in [1.807, 2.05) is 41.3 Å². The third-order valence-corrected chi connectivity index (χ3v) is 7.58. The summed E-state index contributed by atoms with van der Waals surface area (Å²) in [6.07, 6.45) is 5.50. The highest BCUT2D eigenvalue weighted by Crippen LogP contribution is 2.30. The molecule has 1 saturated heterocycles. The fourth-order valence-corrected chi connectivity index (χ4v) is 5.60. The minimum atomic E-state index is 0.186. The predicted molar refractivity (Wildman–Crippen MR) is 139 cm³/mol. The van der Waals surface area contributed by atoms with Gasteiger partial charge in [0.25, 0.3) is 0 Å². The Balaban J connectivity index is 1.17. The molecule has 2 aliphatic heterocycles. The van der Waals surface area contributed by atoms with Gasteiger partial charge in [-0.25, -0.2) is 4.98 Å². The lowest BCUT2D eigenvalue weighted by Gasteiger charge is -2.34. The summed E-state index contributed by atoms with van der Waals surface area (Å²) >= 11 is 1.53. The Kier molecular flexibility index (Phi) is 6.77. The standard InChI is InChI=1S/C27H27N5O2S/c1-34-22-5-2-18(3-6-22)15-26(33)32-12-9-20(10-13-32)21-8-11-29-25(16-21)31-27-30-23-7-4-19(17-28)14-24(23)35-27/h2-7,14,16,20H,8-13,15H2,1H3,(H,29,30,31). The summed E-state index contributed by atoms with van der Waals surface area (Å²) in [5.74, 6) is 2.30. The van der Waals surface area contributed by atoms with Gasteiger partial charge >= 0.3 is 0 Å². The Morgan fingerprint density at radius 1 is 1.23 bits per heavy atom. The van der Waals surface area contributed by atoms with E-state index in [1.165, 1.54) is 16.9 Å². The number of amidine groups is 1. The van der Waals surface area contributed by atoms with Gasteiger partial charge in [-0.05, 0) is 67.2 Å². The van der Waals surface area contributed by atoms with Crippen molar-refractivity contribution in [1.82, 2.24) is 9.88 Å². The number of aliphatic imine (C=N–C) groups is 1. The number of anilines is 1. The van der Waals surface area contributed by atoms with Crippen LogP contribution in [0.25, 0.3) is 10.2 Å². The van der Waals surface area contributed by atoms with Gasteiger partial charge in [-0.15, -0.1) is 0 Å². The van der Waals surface area contributed by atoms with Gasteiger partial charge in [0.1, 0.15) is 11.6 Å². The molecule has 3 aromatic rings. The van der Waals surface area contributed by atoms with Crippen LogP contribution in [0.15, 0.2) is 59.1 Å². The summed E-state index contributed by atoms with van der Waals surface area (Å²) in [4.78, 5) is 24.1. The van der Waals surface area contributed by atoms with Gasteiger partial charge in [0.2, 0.25) is 5.91 Å². The second-order valence-corrected chi connectivity index (χ2v) is 9.89. The number of benzene rings is 2. The summed E-state index contributed by atoms with van der Waals surface area (Å²) in [6.45, 7) is 2.33. The number of rotatable bonds is 5. The maximum Gasteiger partial charge on any atom is 0.226 e. The molecule has 2 aromatic carbocycles. The molecule has 0 unspecified atom stereocenters. The normalized spacial score (nSPS) is 16.4. The maximum absolute atomic E-state index is 12.8. The van der Waals surface area contributed by atoms with Crippen molar-refractivity contribution in [2.24, 2.45) is 10.9 Å². The molecule has 5 rings (SSSR count). The number of amides is 1. The summed E-state index contributed by atoms with van der Waals surface area (Å²) in [5.41, 5.74) is 3.93. The highest BCUT2D eigenvalue weighted by Gasteiger charge is 2.26. The number of carbonyl (C=O) groups is 1. The molecule has 0 aliphatic carbocycles. The van der Waals surface area contributed by atoms with Gasteiger partial charge in [0.15, 0.2) is 5.13 Å². The molecule has 0 bridgehead atoms. The number of ether oxygens (including phenoxy) is 1. The van der Waals surface area contributed by atoms with Crippen LogP contribution in [0, 0.1) is 17.2 Å². The van der Waals surface area contributed by atoms with E-state index >= 15 is 0 Å². The van der Waals surface area contributed by atoms with Crippen LogP contribution in [0.4, 0.5) is 5.13 Å². The summed E-state index contributed by atoms with van der Waals surface area (Å²) < 4.78 is 6.18. The van der Waals surface area contributed by atoms with E-state index in [2.05, 4.69) is 27.4 Å². The van der Waals surface area contributed by atoms with Gasteiger partial charge in [-0.2, -0.15) is 5.26 Å². The number of nitrogens with one attached hydrogen (secondary N) is 1. The molecule has 1 fully saturated rings. The SMILES string of the molecule is COc1ccc(CC(=O)N2CCC(C3=CC(Nc4nc5ccc(C#N)cc5s4)=NCC3)CC2)cc1. The lowest BCUT2D eigenvalue weighted by atomic mass is 9.86. The first-order valence-corrected chi connectivity index (χ1v) is 12.7. The second kappa shape index (κ2) is 10.3. The Morgan fingerprint density at radius 2 is 2.03 bits per heavy atom. The molecule has 1 amide bonds.